The van der Waals surface area contributed by atoms with Gasteiger partial charge in [0.2, 0.25) is 0 Å². The first-order chi connectivity index (χ1) is 32.7. The molecule has 66 heavy (non-hydrogen) atoms. The third kappa shape index (κ3) is 5.06. The summed E-state index contributed by atoms with van der Waals surface area (Å²) in [7, 11) is 0. The van der Waals surface area contributed by atoms with Crippen molar-refractivity contribution >= 4 is 110 Å². The fraction of sp³-hybridized carbons (Fsp3) is 0. The van der Waals surface area contributed by atoms with E-state index in [1.165, 1.54) is 0 Å². The average molecular weight is 845 g/mol. The van der Waals surface area contributed by atoms with Gasteiger partial charge in [-0.1, -0.05) is 121 Å². The lowest BCUT2D eigenvalue weighted by molar-refractivity contribution is 0.668. The first-order valence-electron chi connectivity index (χ1n) is 22.1. The largest absolute Gasteiger partial charge is 0.456 e. The van der Waals surface area contributed by atoms with Crippen LogP contribution in [0.5, 0.6) is 0 Å². The van der Waals surface area contributed by atoms with Crippen molar-refractivity contribution in [2.45, 2.75) is 0 Å². The average Bonchev–Trinajstić information content (AvgIpc) is 4.15. The molecule has 0 saturated carbocycles. The molecule has 15 rings (SSSR count). The molecule has 0 amide bonds. The molecule has 0 saturated heterocycles. The molecule has 0 fully saturated rings. The topological polar surface area (TPSA) is 78.3 Å². The zero-order valence-corrected chi connectivity index (χ0v) is 35.0. The van der Waals surface area contributed by atoms with E-state index in [0.717, 1.165) is 154 Å². The first-order valence-corrected chi connectivity index (χ1v) is 22.1. The predicted octanol–water partition coefficient (Wildman–Crippen LogP) is 17.0. The van der Waals surface area contributed by atoms with E-state index in [9.17, 15) is 0 Å². The molecule has 0 aliphatic carbocycles. The number of hydrogen-bond donors (Lipinski definition) is 0. The highest BCUT2D eigenvalue weighted by molar-refractivity contribution is 6.19. The predicted molar refractivity (Wildman–Crippen MR) is 268 cm³/mol. The summed E-state index contributed by atoms with van der Waals surface area (Å²) in [5.74, 6) is 0. The number of nitrogens with zero attached hydrogens (tertiary/aromatic N) is 2. The first kappa shape index (κ1) is 35.5. The van der Waals surface area contributed by atoms with Crippen molar-refractivity contribution in [2.24, 2.45) is 0 Å². The van der Waals surface area contributed by atoms with E-state index in [0.29, 0.717) is 0 Å². The van der Waals surface area contributed by atoms with Gasteiger partial charge >= 0.3 is 0 Å². The van der Waals surface area contributed by atoms with Crippen molar-refractivity contribution < 1.29 is 17.7 Å². The molecule has 0 unspecified atom stereocenters. The van der Waals surface area contributed by atoms with Crippen LogP contribution in [0.1, 0.15) is 0 Å². The third-order valence-corrected chi connectivity index (χ3v) is 13.5. The maximum atomic E-state index is 6.73. The summed E-state index contributed by atoms with van der Waals surface area (Å²) >= 11 is 0. The Morgan fingerprint density at radius 1 is 0.242 bits per heavy atom. The minimum atomic E-state index is 0.778. The van der Waals surface area contributed by atoms with Gasteiger partial charge in [0.15, 0.2) is 0 Å². The van der Waals surface area contributed by atoms with Crippen molar-refractivity contribution in [1.29, 1.82) is 0 Å². The van der Waals surface area contributed by atoms with Gasteiger partial charge < -0.3 is 17.7 Å². The molecule has 0 spiro atoms. The van der Waals surface area contributed by atoms with E-state index in [4.69, 9.17) is 27.6 Å². The summed E-state index contributed by atoms with van der Waals surface area (Å²) in [5, 5.41) is 10.4. The molecule has 6 heteroatoms. The SMILES string of the molecule is c1ccc2c(c1)oc1ccc(-c3cc(-c4cccc5c4oc4ccccc45)c4ccc5c(-c6cccc7c6oc6ccccc67)cc(-c6ccc7oc8ccccc8c7c6)nc5c4n3)cc12. The molecule has 6 aromatic heterocycles. The van der Waals surface area contributed by atoms with Crippen LogP contribution < -0.4 is 0 Å². The Morgan fingerprint density at radius 2 is 0.606 bits per heavy atom. The summed E-state index contributed by atoms with van der Waals surface area (Å²) in [4.78, 5) is 11.3. The molecule has 9 aromatic carbocycles. The van der Waals surface area contributed by atoms with Crippen LogP contribution in [-0.4, -0.2) is 9.97 Å². The molecule has 0 atom stereocenters. The lowest BCUT2D eigenvalue weighted by Gasteiger charge is -2.16. The van der Waals surface area contributed by atoms with Gasteiger partial charge in [-0.15, -0.1) is 0 Å². The van der Waals surface area contributed by atoms with Crippen LogP contribution in [0.15, 0.2) is 212 Å². The van der Waals surface area contributed by atoms with E-state index in [2.05, 4.69) is 146 Å². The fourth-order valence-electron chi connectivity index (χ4n) is 10.4. The van der Waals surface area contributed by atoms with E-state index in [1.807, 2.05) is 48.5 Å². The Bertz CT molecular complexity index is 4260. The molecule has 0 aliphatic heterocycles. The number of para-hydroxylation sites is 6. The number of rotatable bonds is 4. The summed E-state index contributed by atoms with van der Waals surface area (Å²) in [6.07, 6.45) is 0. The molecule has 6 heterocycles. The third-order valence-electron chi connectivity index (χ3n) is 13.5. The van der Waals surface area contributed by atoms with E-state index >= 15 is 0 Å². The van der Waals surface area contributed by atoms with Crippen LogP contribution in [-0.2, 0) is 0 Å². The van der Waals surface area contributed by atoms with Crippen molar-refractivity contribution in [3.8, 4) is 44.8 Å². The Kier molecular flexibility index (Phi) is 7.13. The molecule has 0 N–H and O–H groups in total. The quantitative estimate of drug-likeness (QED) is 0.164. The molecule has 0 bridgehead atoms. The molecule has 15 aromatic rings. The van der Waals surface area contributed by atoms with Crippen molar-refractivity contribution in [3.05, 3.63) is 194 Å². The highest BCUT2D eigenvalue weighted by Crippen LogP contribution is 2.45. The van der Waals surface area contributed by atoms with Gasteiger partial charge in [-0.2, -0.15) is 0 Å². The maximum absolute atomic E-state index is 6.73. The van der Waals surface area contributed by atoms with Crippen molar-refractivity contribution in [2.75, 3.05) is 0 Å². The van der Waals surface area contributed by atoms with Crippen LogP contribution in [0, 0.1) is 0 Å². The second kappa shape index (κ2) is 13.3. The van der Waals surface area contributed by atoms with E-state index in [-0.39, 0.29) is 0 Å². The molecular weight excluding hydrogens is 813 g/mol. The van der Waals surface area contributed by atoms with Gasteiger partial charge in [0.1, 0.15) is 44.7 Å². The Labute approximate surface area is 374 Å². The molecule has 0 radical (unpaired) electrons. The standard InChI is InChI=1S/C60H32N2O4/c1-7-21-53-35(11-1)41-15-9-17-43(59(41)65-53)45-31-49(33-23-27-55-47(29-33)37-13-3-5-19-51(37)63-55)61-57-39(45)25-26-40-46(44-18-10-16-42-36-12-2-8-22-54(36)66-60(42)44)32-50(62-58(40)57)34-24-28-56-48(30-34)38-14-4-6-20-52(38)64-56/h1-32H. The van der Waals surface area contributed by atoms with Gasteiger partial charge in [-0.25, -0.2) is 9.97 Å². The van der Waals surface area contributed by atoms with Crippen molar-refractivity contribution in [3.63, 3.8) is 0 Å². The summed E-state index contributed by atoms with van der Waals surface area (Å²) in [6.45, 7) is 0. The molecule has 0 aliphatic rings. The maximum Gasteiger partial charge on any atom is 0.143 e. The van der Waals surface area contributed by atoms with Crippen LogP contribution in [0.3, 0.4) is 0 Å². The van der Waals surface area contributed by atoms with Crippen LogP contribution in [0.4, 0.5) is 0 Å². The molecule has 306 valence electrons. The number of fused-ring (bicyclic) bond motifs is 15. The normalized spacial score (nSPS) is 12.2. The fourth-order valence-corrected chi connectivity index (χ4v) is 10.4. The Morgan fingerprint density at radius 3 is 1.05 bits per heavy atom. The number of aromatic nitrogens is 2. The monoisotopic (exact) mass is 844 g/mol. The van der Waals surface area contributed by atoms with Crippen molar-refractivity contribution in [1.82, 2.24) is 9.97 Å². The lowest BCUT2D eigenvalue weighted by Crippen LogP contribution is -1.96. The minimum absolute atomic E-state index is 0.778. The summed E-state index contributed by atoms with van der Waals surface area (Å²) in [5.41, 5.74) is 15.8. The van der Waals surface area contributed by atoms with Crippen LogP contribution >= 0.6 is 0 Å². The highest BCUT2D eigenvalue weighted by atomic mass is 16.3. The smallest absolute Gasteiger partial charge is 0.143 e. The zero-order chi connectivity index (χ0) is 43.0. The lowest BCUT2D eigenvalue weighted by atomic mass is 9.92. The zero-order valence-electron chi connectivity index (χ0n) is 35.0. The summed E-state index contributed by atoms with van der Waals surface area (Å²) < 4.78 is 26.0. The van der Waals surface area contributed by atoms with Gasteiger partial charge in [0.25, 0.3) is 0 Å². The number of pyridine rings is 2. The van der Waals surface area contributed by atoms with Crippen LogP contribution in [0.25, 0.3) is 154 Å². The number of benzene rings is 9. The molecular formula is C60H32N2O4. The Hall–Kier alpha value is -9.00. The van der Waals surface area contributed by atoms with Gasteiger partial charge in [0, 0.05) is 76.1 Å². The van der Waals surface area contributed by atoms with Gasteiger partial charge in [0.05, 0.1) is 22.4 Å². The van der Waals surface area contributed by atoms with E-state index in [1.54, 1.807) is 0 Å². The molecule has 6 nitrogen and oxygen atoms in total. The van der Waals surface area contributed by atoms with Gasteiger partial charge in [-0.3, -0.25) is 0 Å². The van der Waals surface area contributed by atoms with E-state index < -0.39 is 0 Å². The second-order valence-electron chi connectivity index (χ2n) is 17.1. The Balaban J connectivity index is 1.07. The minimum Gasteiger partial charge on any atom is -0.456 e. The highest BCUT2D eigenvalue weighted by Gasteiger charge is 2.23. The summed E-state index contributed by atoms with van der Waals surface area (Å²) in [6, 6.07) is 67.2. The van der Waals surface area contributed by atoms with Crippen LogP contribution in [0.2, 0.25) is 0 Å². The van der Waals surface area contributed by atoms with Gasteiger partial charge in [-0.05, 0) is 83.9 Å². The number of furan rings is 4. The number of hydrogen-bond acceptors (Lipinski definition) is 6. The second-order valence-corrected chi connectivity index (χ2v) is 17.1.